The number of ether oxygens (including phenoxy) is 1. The molecule has 0 radical (unpaired) electrons. The average molecular weight is 326 g/mol. The maximum atomic E-state index is 13.8. The van der Waals surface area contributed by atoms with E-state index in [0.29, 0.717) is 36.3 Å². The van der Waals surface area contributed by atoms with Crippen molar-refractivity contribution < 1.29 is 18.7 Å². The van der Waals surface area contributed by atoms with E-state index >= 15 is 0 Å². The van der Waals surface area contributed by atoms with Gasteiger partial charge in [-0.05, 0) is 31.4 Å². The van der Waals surface area contributed by atoms with Gasteiger partial charge in [-0.3, -0.25) is 14.9 Å². The molecule has 6 heteroatoms. The van der Waals surface area contributed by atoms with Crippen LogP contribution in [0.3, 0.4) is 0 Å². The quantitative estimate of drug-likeness (QED) is 0.720. The summed E-state index contributed by atoms with van der Waals surface area (Å²) in [5, 5.41) is 5.20. The summed E-state index contributed by atoms with van der Waals surface area (Å²) < 4.78 is 19.1. The van der Waals surface area contributed by atoms with Gasteiger partial charge in [-0.25, -0.2) is 4.39 Å². The second kappa shape index (κ2) is 11.5. The molecule has 1 unspecified atom stereocenters. The lowest BCUT2D eigenvalue weighted by Crippen LogP contribution is -2.24. The molecule has 130 valence electrons. The number of aryl methyl sites for hydroxylation is 1. The van der Waals surface area contributed by atoms with Crippen molar-refractivity contribution in [3.63, 3.8) is 0 Å². The van der Waals surface area contributed by atoms with Crippen LogP contribution in [0.1, 0.15) is 46.1 Å². The first-order valence-electron chi connectivity index (χ1n) is 7.87. The van der Waals surface area contributed by atoms with Gasteiger partial charge in [0, 0.05) is 18.5 Å². The van der Waals surface area contributed by atoms with Crippen molar-refractivity contribution >= 4 is 18.0 Å². The van der Waals surface area contributed by atoms with Crippen LogP contribution in [0.5, 0.6) is 5.75 Å². The smallest absolute Gasteiger partial charge is 0.226 e. The summed E-state index contributed by atoms with van der Waals surface area (Å²) in [7, 11) is 1.53. The Bertz CT molecular complexity index is 507. The van der Waals surface area contributed by atoms with Gasteiger partial charge in [0.05, 0.1) is 12.8 Å². The van der Waals surface area contributed by atoms with Crippen LogP contribution in [0.4, 0.5) is 10.1 Å². The van der Waals surface area contributed by atoms with E-state index in [9.17, 15) is 14.0 Å². The fourth-order valence-corrected chi connectivity index (χ4v) is 1.97. The molecule has 1 aromatic rings. The Kier molecular flexibility index (Phi) is 10.4. The summed E-state index contributed by atoms with van der Waals surface area (Å²) in [6, 6.07) is 3.01. The molecular formula is C17H27FN2O3. The minimum Gasteiger partial charge on any atom is -0.495 e. The van der Waals surface area contributed by atoms with Gasteiger partial charge in [0.2, 0.25) is 12.3 Å². The summed E-state index contributed by atoms with van der Waals surface area (Å²) in [4.78, 5) is 21.3. The summed E-state index contributed by atoms with van der Waals surface area (Å²) >= 11 is 0. The molecule has 1 aromatic carbocycles. The second-order valence-corrected chi connectivity index (χ2v) is 4.77. The summed E-state index contributed by atoms with van der Waals surface area (Å²) in [5.41, 5.74) is 1.14. The van der Waals surface area contributed by atoms with E-state index in [0.717, 1.165) is 0 Å². The molecule has 0 aliphatic carbocycles. The summed E-state index contributed by atoms with van der Waals surface area (Å²) in [6.45, 7) is 7.75. The lowest BCUT2D eigenvalue weighted by atomic mass is 10.1. The topological polar surface area (TPSA) is 67.4 Å². The number of benzene rings is 1. The zero-order chi connectivity index (χ0) is 17.8. The number of halogens is 1. The lowest BCUT2D eigenvalue weighted by molar-refractivity contribution is -0.125. The van der Waals surface area contributed by atoms with E-state index in [1.807, 2.05) is 27.7 Å². The molecule has 0 fully saturated rings. The van der Waals surface area contributed by atoms with Gasteiger partial charge in [-0.1, -0.05) is 20.8 Å². The molecule has 0 aliphatic rings. The monoisotopic (exact) mass is 326 g/mol. The number of amides is 2. The van der Waals surface area contributed by atoms with E-state index in [1.165, 1.54) is 13.2 Å². The summed E-state index contributed by atoms with van der Waals surface area (Å²) in [5.74, 6) is -0.0535. The average Bonchev–Trinajstić information content (AvgIpc) is 2.55. The third-order valence-electron chi connectivity index (χ3n) is 3.18. The number of nitrogens with one attached hydrogen (secondary N) is 2. The van der Waals surface area contributed by atoms with Gasteiger partial charge in [-0.2, -0.15) is 0 Å². The van der Waals surface area contributed by atoms with Crippen LogP contribution < -0.4 is 15.4 Å². The molecule has 0 saturated heterocycles. The molecule has 0 aromatic heterocycles. The van der Waals surface area contributed by atoms with Gasteiger partial charge in [0.25, 0.3) is 0 Å². The SMILES string of the molecule is CC.CCc1cc(OC)c(NC(C)CCC(=O)NC=O)cc1F. The lowest BCUT2D eigenvalue weighted by Gasteiger charge is -2.18. The molecule has 1 rings (SSSR count). The van der Waals surface area contributed by atoms with Crippen molar-refractivity contribution in [3.8, 4) is 5.75 Å². The van der Waals surface area contributed by atoms with Crippen LogP contribution in [0.15, 0.2) is 12.1 Å². The third-order valence-corrected chi connectivity index (χ3v) is 3.18. The molecule has 2 N–H and O–H groups in total. The Morgan fingerprint density at radius 2 is 2.04 bits per heavy atom. The Balaban J connectivity index is 0.00000232. The predicted molar refractivity (Wildman–Crippen MR) is 90.2 cm³/mol. The highest BCUT2D eigenvalue weighted by Gasteiger charge is 2.12. The zero-order valence-corrected chi connectivity index (χ0v) is 14.5. The number of hydrogen-bond acceptors (Lipinski definition) is 4. The first-order valence-corrected chi connectivity index (χ1v) is 7.87. The highest BCUT2D eigenvalue weighted by molar-refractivity contribution is 5.85. The van der Waals surface area contributed by atoms with E-state index in [1.54, 1.807) is 6.07 Å². The molecule has 0 bridgehead atoms. The standard InChI is InChI=1S/C15H21FN2O3.C2H6/c1-4-11-7-14(21-3)13(8-12(11)16)18-10(2)5-6-15(20)17-9-19;1-2/h7-10,18H,4-6H2,1-3H3,(H,17,19,20);1-2H3. The number of hydrogen-bond donors (Lipinski definition) is 2. The Morgan fingerprint density at radius 1 is 1.39 bits per heavy atom. The molecule has 1 atom stereocenters. The Morgan fingerprint density at radius 3 is 2.57 bits per heavy atom. The minimum absolute atomic E-state index is 0.0665. The molecule has 0 saturated carbocycles. The molecular weight excluding hydrogens is 299 g/mol. The van der Waals surface area contributed by atoms with E-state index in [-0.39, 0.29) is 24.2 Å². The fourth-order valence-electron chi connectivity index (χ4n) is 1.97. The van der Waals surface area contributed by atoms with E-state index in [4.69, 9.17) is 4.74 Å². The van der Waals surface area contributed by atoms with Crippen LogP contribution in [0.2, 0.25) is 0 Å². The van der Waals surface area contributed by atoms with Crippen LogP contribution in [-0.2, 0) is 16.0 Å². The van der Waals surface area contributed by atoms with Crippen molar-refractivity contribution in [1.29, 1.82) is 0 Å². The zero-order valence-electron chi connectivity index (χ0n) is 14.5. The van der Waals surface area contributed by atoms with Crippen LogP contribution in [-0.4, -0.2) is 25.5 Å². The maximum Gasteiger partial charge on any atom is 0.226 e. The number of methoxy groups -OCH3 is 1. The number of rotatable bonds is 8. The molecule has 5 nitrogen and oxygen atoms in total. The number of carbonyl (C=O) groups is 2. The predicted octanol–water partition coefficient (Wildman–Crippen LogP) is 3.28. The third kappa shape index (κ3) is 7.13. The van der Waals surface area contributed by atoms with Crippen molar-refractivity contribution in [2.24, 2.45) is 0 Å². The van der Waals surface area contributed by atoms with Gasteiger partial charge >= 0.3 is 0 Å². The van der Waals surface area contributed by atoms with Crippen LogP contribution >= 0.6 is 0 Å². The second-order valence-electron chi connectivity index (χ2n) is 4.77. The maximum absolute atomic E-state index is 13.8. The number of anilines is 1. The van der Waals surface area contributed by atoms with Crippen molar-refractivity contribution in [3.05, 3.63) is 23.5 Å². The van der Waals surface area contributed by atoms with Crippen molar-refractivity contribution in [2.45, 2.75) is 53.0 Å². The molecule has 23 heavy (non-hydrogen) atoms. The number of carbonyl (C=O) groups excluding carboxylic acids is 2. The highest BCUT2D eigenvalue weighted by atomic mass is 19.1. The molecule has 0 heterocycles. The van der Waals surface area contributed by atoms with Crippen LogP contribution in [0, 0.1) is 5.82 Å². The molecule has 0 aliphatic heterocycles. The largest absolute Gasteiger partial charge is 0.495 e. The normalized spacial score (nSPS) is 10.9. The van der Waals surface area contributed by atoms with Crippen LogP contribution in [0.25, 0.3) is 0 Å². The molecule has 0 spiro atoms. The first kappa shape index (κ1) is 20.9. The Labute approximate surface area is 137 Å². The number of imide groups is 1. The minimum atomic E-state index is -0.335. The van der Waals surface area contributed by atoms with Crippen molar-refractivity contribution in [2.75, 3.05) is 12.4 Å². The van der Waals surface area contributed by atoms with Crippen molar-refractivity contribution in [1.82, 2.24) is 5.32 Å². The fraction of sp³-hybridized carbons (Fsp3) is 0.529. The summed E-state index contributed by atoms with van der Waals surface area (Å²) in [6.07, 6.45) is 1.68. The van der Waals surface area contributed by atoms with E-state index in [2.05, 4.69) is 10.6 Å². The first-order chi connectivity index (χ1) is 11.0. The molecule has 2 amide bonds. The highest BCUT2D eigenvalue weighted by Crippen LogP contribution is 2.29. The van der Waals surface area contributed by atoms with Gasteiger partial charge in [-0.15, -0.1) is 0 Å². The van der Waals surface area contributed by atoms with Gasteiger partial charge in [0.15, 0.2) is 0 Å². The Hall–Kier alpha value is -2.11. The van der Waals surface area contributed by atoms with Gasteiger partial charge < -0.3 is 10.1 Å². The van der Waals surface area contributed by atoms with E-state index < -0.39 is 0 Å². The van der Waals surface area contributed by atoms with Gasteiger partial charge in [0.1, 0.15) is 11.6 Å².